The van der Waals surface area contributed by atoms with Crippen molar-refractivity contribution in [3.63, 3.8) is 0 Å². The Labute approximate surface area is 122 Å². The Balaban J connectivity index is 2.95. The lowest BCUT2D eigenvalue weighted by Gasteiger charge is -2.14. The minimum Gasteiger partial charge on any atom is -0.291 e. The molecular formula is C12H11Br2NOS. The predicted molar refractivity (Wildman–Crippen MR) is 78.7 cm³/mol. The largest absolute Gasteiger partial charge is 0.291 e. The first-order valence-corrected chi connectivity index (χ1v) is 7.38. The number of carbonyl (C=O) groups excluding carboxylic acids is 1. The molecule has 0 bridgehead atoms. The van der Waals surface area contributed by atoms with Crippen LogP contribution in [0.2, 0.25) is 0 Å². The highest BCUT2D eigenvalue weighted by atomic mass is 79.9. The average molecular weight is 377 g/mol. The number of nitrogens with zero attached hydrogens (tertiary/aromatic N) is 1. The number of halogens is 2. The summed E-state index contributed by atoms with van der Waals surface area (Å²) in [6.45, 7) is 4.20. The Hall–Kier alpha value is -0.310. The summed E-state index contributed by atoms with van der Waals surface area (Å²) in [4.78, 5) is 12.1. The first kappa shape index (κ1) is 14.7. The maximum atomic E-state index is 12.1. The van der Waals surface area contributed by atoms with E-state index in [0.29, 0.717) is 11.5 Å². The summed E-state index contributed by atoms with van der Waals surface area (Å²) in [5, 5.41) is 10.5. The van der Waals surface area contributed by atoms with Gasteiger partial charge in [0.15, 0.2) is 0 Å². The van der Waals surface area contributed by atoms with Gasteiger partial charge in [0.25, 0.3) is 0 Å². The molecule has 17 heavy (non-hydrogen) atoms. The second-order valence-electron chi connectivity index (χ2n) is 3.82. The SMILES string of the molecule is CC(C)c1ccc(C(=O)C(Br)(Br)SC#N)cc1. The number of ketones is 1. The second kappa shape index (κ2) is 6.03. The monoisotopic (exact) mass is 375 g/mol. The Morgan fingerprint density at radius 2 is 1.88 bits per heavy atom. The third kappa shape index (κ3) is 3.84. The Morgan fingerprint density at radius 1 is 1.35 bits per heavy atom. The minimum atomic E-state index is -1.06. The first-order valence-electron chi connectivity index (χ1n) is 4.98. The van der Waals surface area contributed by atoms with Crippen LogP contribution in [0.5, 0.6) is 0 Å². The van der Waals surface area contributed by atoms with Gasteiger partial charge in [0.05, 0.1) is 0 Å². The number of thiocyanates is 1. The number of alkyl halides is 2. The smallest absolute Gasteiger partial charge is 0.201 e. The normalized spacial score (nSPS) is 11.3. The van der Waals surface area contributed by atoms with Gasteiger partial charge in [0, 0.05) is 5.56 Å². The van der Waals surface area contributed by atoms with Crippen molar-refractivity contribution in [1.29, 1.82) is 5.26 Å². The average Bonchev–Trinajstić information content (AvgIpc) is 2.28. The van der Waals surface area contributed by atoms with Crippen LogP contribution in [0.4, 0.5) is 0 Å². The molecular weight excluding hydrogens is 366 g/mol. The highest BCUT2D eigenvalue weighted by molar-refractivity contribution is 9.28. The highest BCUT2D eigenvalue weighted by Crippen LogP contribution is 2.41. The summed E-state index contributed by atoms with van der Waals surface area (Å²) >= 11 is 7.24. The van der Waals surface area contributed by atoms with E-state index < -0.39 is 2.57 Å². The lowest BCUT2D eigenvalue weighted by Crippen LogP contribution is -2.20. The van der Waals surface area contributed by atoms with E-state index in [4.69, 9.17) is 5.26 Å². The first-order chi connectivity index (χ1) is 7.88. The van der Waals surface area contributed by atoms with Crippen molar-refractivity contribution in [1.82, 2.24) is 0 Å². The molecule has 0 heterocycles. The van der Waals surface area contributed by atoms with Crippen LogP contribution in [-0.4, -0.2) is 8.35 Å². The van der Waals surface area contributed by atoms with Gasteiger partial charge < -0.3 is 0 Å². The molecule has 0 atom stereocenters. The molecule has 0 aromatic heterocycles. The van der Waals surface area contributed by atoms with E-state index in [9.17, 15) is 4.79 Å². The molecule has 1 rings (SSSR count). The van der Waals surface area contributed by atoms with E-state index in [-0.39, 0.29) is 5.78 Å². The zero-order valence-electron chi connectivity index (χ0n) is 9.41. The van der Waals surface area contributed by atoms with Gasteiger partial charge in [0.2, 0.25) is 8.35 Å². The molecule has 0 N–H and O–H groups in total. The molecule has 90 valence electrons. The van der Waals surface area contributed by atoms with Crippen LogP contribution in [-0.2, 0) is 0 Å². The van der Waals surface area contributed by atoms with Crippen LogP contribution < -0.4 is 0 Å². The topological polar surface area (TPSA) is 40.9 Å². The molecule has 1 aromatic carbocycles. The zero-order chi connectivity index (χ0) is 13.1. The molecule has 1 aromatic rings. The summed E-state index contributed by atoms with van der Waals surface area (Å²) in [5.41, 5.74) is 1.76. The van der Waals surface area contributed by atoms with Crippen LogP contribution in [0, 0.1) is 10.7 Å². The maximum Gasteiger partial charge on any atom is 0.201 e. The third-order valence-electron chi connectivity index (χ3n) is 2.28. The fraction of sp³-hybridized carbons (Fsp3) is 0.333. The number of hydrogen-bond donors (Lipinski definition) is 0. The quantitative estimate of drug-likeness (QED) is 0.436. The van der Waals surface area contributed by atoms with Gasteiger partial charge in [-0.15, -0.1) is 0 Å². The fourth-order valence-electron chi connectivity index (χ4n) is 1.29. The van der Waals surface area contributed by atoms with Crippen molar-refractivity contribution in [2.45, 2.75) is 22.3 Å². The van der Waals surface area contributed by atoms with Gasteiger partial charge in [0.1, 0.15) is 5.40 Å². The van der Waals surface area contributed by atoms with E-state index >= 15 is 0 Å². The van der Waals surface area contributed by atoms with Crippen molar-refractivity contribution < 1.29 is 4.79 Å². The van der Waals surface area contributed by atoms with Crippen LogP contribution in [0.1, 0.15) is 35.7 Å². The van der Waals surface area contributed by atoms with Gasteiger partial charge in [-0.2, -0.15) is 5.26 Å². The number of nitriles is 1. The molecule has 0 saturated carbocycles. The Morgan fingerprint density at radius 3 is 2.29 bits per heavy atom. The van der Waals surface area contributed by atoms with Crippen molar-refractivity contribution in [3.8, 4) is 5.40 Å². The van der Waals surface area contributed by atoms with Gasteiger partial charge in [-0.1, -0.05) is 70.0 Å². The van der Waals surface area contributed by atoms with E-state index in [1.54, 1.807) is 12.1 Å². The van der Waals surface area contributed by atoms with E-state index in [0.717, 1.165) is 11.8 Å². The molecule has 0 fully saturated rings. The molecule has 0 unspecified atom stereocenters. The van der Waals surface area contributed by atoms with E-state index in [2.05, 4.69) is 45.7 Å². The number of Topliss-reactive ketones (excluding diaryl/α,β-unsaturated/α-hetero) is 1. The van der Waals surface area contributed by atoms with Gasteiger partial charge >= 0.3 is 0 Å². The number of benzene rings is 1. The summed E-state index contributed by atoms with van der Waals surface area (Å²) in [7, 11) is 0. The molecule has 0 aliphatic heterocycles. The van der Waals surface area contributed by atoms with Crippen molar-refractivity contribution >= 4 is 49.4 Å². The second-order valence-corrected chi connectivity index (χ2v) is 9.31. The molecule has 0 radical (unpaired) electrons. The number of hydrogen-bond acceptors (Lipinski definition) is 3. The predicted octanol–water partition coefficient (Wildman–Crippen LogP) is 4.65. The summed E-state index contributed by atoms with van der Waals surface area (Å²) < 4.78 is -1.06. The highest BCUT2D eigenvalue weighted by Gasteiger charge is 2.34. The standard InChI is InChI=1S/C12H11Br2NOS/c1-8(2)9-3-5-10(6-4-9)11(16)12(13,14)17-7-15/h3-6,8H,1-2H3. The summed E-state index contributed by atoms with van der Waals surface area (Å²) in [6.07, 6.45) is 0. The lowest BCUT2D eigenvalue weighted by molar-refractivity contribution is 0.101. The molecule has 0 aliphatic carbocycles. The minimum absolute atomic E-state index is 0.167. The Kier molecular flexibility index (Phi) is 5.23. The molecule has 0 amide bonds. The van der Waals surface area contributed by atoms with E-state index in [1.807, 2.05) is 17.5 Å². The maximum absolute atomic E-state index is 12.1. The van der Waals surface area contributed by atoms with Crippen LogP contribution in [0.25, 0.3) is 0 Å². The molecule has 0 saturated heterocycles. The van der Waals surface area contributed by atoms with E-state index in [1.165, 1.54) is 5.56 Å². The third-order valence-corrected chi connectivity index (χ3v) is 4.50. The number of carbonyl (C=O) groups is 1. The van der Waals surface area contributed by atoms with Crippen molar-refractivity contribution in [2.24, 2.45) is 0 Å². The lowest BCUT2D eigenvalue weighted by atomic mass is 10.0. The Bertz CT molecular complexity index is 449. The fourth-order valence-corrected chi connectivity index (χ4v) is 2.51. The number of rotatable bonds is 4. The van der Waals surface area contributed by atoms with Gasteiger partial charge in [-0.05, 0) is 23.2 Å². The molecule has 2 nitrogen and oxygen atoms in total. The van der Waals surface area contributed by atoms with Crippen molar-refractivity contribution in [2.75, 3.05) is 0 Å². The van der Waals surface area contributed by atoms with Crippen LogP contribution >= 0.6 is 43.6 Å². The van der Waals surface area contributed by atoms with Crippen LogP contribution in [0.15, 0.2) is 24.3 Å². The molecule has 5 heteroatoms. The molecule has 0 aliphatic rings. The van der Waals surface area contributed by atoms with Crippen molar-refractivity contribution in [3.05, 3.63) is 35.4 Å². The zero-order valence-corrected chi connectivity index (χ0v) is 13.4. The van der Waals surface area contributed by atoms with Crippen LogP contribution in [0.3, 0.4) is 0 Å². The number of thioether (sulfide) groups is 1. The summed E-state index contributed by atoms with van der Waals surface area (Å²) in [5.74, 6) is 0.268. The van der Waals surface area contributed by atoms with Gasteiger partial charge in [-0.25, -0.2) is 0 Å². The molecule has 0 spiro atoms. The van der Waals surface area contributed by atoms with Gasteiger partial charge in [-0.3, -0.25) is 4.79 Å². The summed E-state index contributed by atoms with van der Waals surface area (Å²) in [6, 6.07) is 7.44.